The van der Waals surface area contributed by atoms with E-state index < -0.39 is 0 Å². The molecule has 0 bridgehead atoms. The summed E-state index contributed by atoms with van der Waals surface area (Å²) < 4.78 is 5.41. The number of hydrogen-bond donors (Lipinski definition) is 1. The molecule has 1 rings (SSSR count). The monoisotopic (exact) mass is 231 g/mol. The van der Waals surface area contributed by atoms with Crippen LogP contribution in [0.25, 0.3) is 0 Å². The summed E-state index contributed by atoms with van der Waals surface area (Å²) in [4.78, 5) is 11.9. The maximum Gasteiger partial charge on any atom is 0.255 e. The number of nitrogens with one attached hydrogen (secondary N) is 1. The Kier molecular flexibility index (Phi) is 5.01. The molecule has 0 aliphatic carbocycles. The smallest absolute Gasteiger partial charge is 0.255 e. The van der Waals surface area contributed by atoms with Crippen molar-refractivity contribution in [2.75, 3.05) is 13.2 Å². The Bertz CT molecular complexity index is 424. The van der Waals surface area contributed by atoms with Gasteiger partial charge < -0.3 is 10.1 Å². The van der Waals surface area contributed by atoms with Gasteiger partial charge in [0.25, 0.3) is 5.91 Å². The molecule has 0 saturated carbocycles. The summed E-state index contributed by atoms with van der Waals surface area (Å²) >= 11 is 0. The molecule has 0 spiro atoms. The van der Waals surface area contributed by atoms with Gasteiger partial charge in [0.2, 0.25) is 0 Å². The van der Waals surface area contributed by atoms with E-state index in [1.165, 1.54) is 0 Å². The lowest BCUT2D eigenvalue weighted by Crippen LogP contribution is -2.25. The second-order valence-corrected chi connectivity index (χ2v) is 3.74. The number of rotatable bonds is 6. The first-order valence-electron chi connectivity index (χ1n) is 5.40. The maximum atomic E-state index is 11.9. The summed E-state index contributed by atoms with van der Waals surface area (Å²) in [6.07, 6.45) is 1.64. The molecule has 0 aromatic heterocycles. The Hall–Kier alpha value is -2.03. The molecular weight excluding hydrogens is 214 g/mol. The van der Waals surface area contributed by atoms with Gasteiger partial charge in [-0.05, 0) is 19.1 Å². The van der Waals surface area contributed by atoms with Crippen LogP contribution in [0.4, 0.5) is 0 Å². The lowest BCUT2D eigenvalue weighted by molar-refractivity contribution is 0.0953. The first kappa shape index (κ1) is 13.0. The SMILES string of the molecule is C=CCOc1ccccc1C(=O)NCC(=C)C. The third kappa shape index (κ3) is 4.15. The molecule has 0 saturated heterocycles. The van der Waals surface area contributed by atoms with Gasteiger partial charge in [-0.1, -0.05) is 36.9 Å². The number of benzene rings is 1. The standard InChI is InChI=1S/C14H17NO2/c1-4-9-17-13-8-6-5-7-12(13)14(16)15-10-11(2)3/h4-8H,1-2,9-10H2,3H3,(H,15,16). The maximum absolute atomic E-state index is 11.9. The van der Waals surface area contributed by atoms with Crippen LogP contribution in [-0.2, 0) is 0 Å². The quantitative estimate of drug-likeness (QED) is 0.764. The average molecular weight is 231 g/mol. The van der Waals surface area contributed by atoms with Gasteiger partial charge in [0.15, 0.2) is 0 Å². The van der Waals surface area contributed by atoms with Crippen LogP contribution in [0.3, 0.4) is 0 Å². The number of carbonyl (C=O) groups is 1. The Morgan fingerprint density at radius 1 is 1.47 bits per heavy atom. The Morgan fingerprint density at radius 3 is 2.82 bits per heavy atom. The minimum absolute atomic E-state index is 0.160. The minimum atomic E-state index is -0.160. The molecule has 0 unspecified atom stereocenters. The van der Waals surface area contributed by atoms with E-state index >= 15 is 0 Å². The zero-order valence-electron chi connectivity index (χ0n) is 10.0. The van der Waals surface area contributed by atoms with Gasteiger partial charge in [0.1, 0.15) is 12.4 Å². The summed E-state index contributed by atoms with van der Waals surface area (Å²) in [7, 11) is 0. The van der Waals surface area contributed by atoms with Gasteiger partial charge in [0.05, 0.1) is 5.56 Å². The van der Waals surface area contributed by atoms with Crippen molar-refractivity contribution in [2.45, 2.75) is 6.92 Å². The van der Waals surface area contributed by atoms with Crippen molar-refractivity contribution >= 4 is 5.91 Å². The third-order valence-electron chi connectivity index (χ3n) is 2.04. The van der Waals surface area contributed by atoms with Gasteiger partial charge in [-0.25, -0.2) is 0 Å². The number of carbonyl (C=O) groups excluding carboxylic acids is 1. The Morgan fingerprint density at radius 2 is 2.18 bits per heavy atom. The van der Waals surface area contributed by atoms with E-state index in [-0.39, 0.29) is 5.91 Å². The van der Waals surface area contributed by atoms with Gasteiger partial charge >= 0.3 is 0 Å². The summed E-state index contributed by atoms with van der Waals surface area (Å²) in [6.45, 7) is 10.0. The molecule has 3 heteroatoms. The van der Waals surface area contributed by atoms with Crippen LogP contribution in [0.2, 0.25) is 0 Å². The first-order valence-corrected chi connectivity index (χ1v) is 5.40. The van der Waals surface area contributed by atoms with E-state index in [2.05, 4.69) is 18.5 Å². The van der Waals surface area contributed by atoms with Crippen molar-refractivity contribution in [1.82, 2.24) is 5.32 Å². The molecule has 0 atom stereocenters. The fourth-order valence-corrected chi connectivity index (χ4v) is 1.26. The zero-order chi connectivity index (χ0) is 12.7. The molecule has 0 heterocycles. The number of amides is 1. The molecule has 1 aromatic carbocycles. The fourth-order valence-electron chi connectivity index (χ4n) is 1.26. The average Bonchev–Trinajstić information content (AvgIpc) is 2.33. The lowest BCUT2D eigenvalue weighted by Gasteiger charge is -2.10. The van der Waals surface area contributed by atoms with E-state index in [0.717, 1.165) is 5.57 Å². The molecule has 1 N–H and O–H groups in total. The van der Waals surface area contributed by atoms with E-state index in [1.54, 1.807) is 24.3 Å². The molecule has 1 aromatic rings. The predicted octanol–water partition coefficient (Wildman–Crippen LogP) is 2.56. The second-order valence-electron chi connectivity index (χ2n) is 3.74. The van der Waals surface area contributed by atoms with Crippen molar-refractivity contribution in [1.29, 1.82) is 0 Å². The van der Waals surface area contributed by atoms with E-state index in [0.29, 0.717) is 24.5 Å². The summed E-state index contributed by atoms with van der Waals surface area (Å²) in [5.74, 6) is 0.402. The largest absolute Gasteiger partial charge is 0.489 e. The van der Waals surface area contributed by atoms with Crippen molar-refractivity contribution in [3.63, 3.8) is 0 Å². The molecule has 90 valence electrons. The van der Waals surface area contributed by atoms with Crippen LogP contribution < -0.4 is 10.1 Å². The molecule has 0 aliphatic rings. The fraction of sp³-hybridized carbons (Fsp3) is 0.214. The van der Waals surface area contributed by atoms with Gasteiger partial charge in [-0.2, -0.15) is 0 Å². The predicted molar refractivity (Wildman–Crippen MR) is 69.3 cm³/mol. The van der Waals surface area contributed by atoms with Crippen molar-refractivity contribution in [3.8, 4) is 5.75 Å². The van der Waals surface area contributed by atoms with Gasteiger partial charge in [-0.3, -0.25) is 4.79 Å². The van der Waals surface area contributed by atoms with Crippen LogP contribution >= 0.6 is 0 Å². The zero-order valence-corrected chi connectivity index (χ0v) is 10.0. The van der Waals surface area contributed by atoms with Crippen molar-refractivity contribution < 1.29 is 9.53 Å². The van der Waals surface area contributed by atoms with E-state index in [1.807, 2.05) is 13.0 Å². The molecule has 17 heavy (non-hydrogen) atoms. The molecule has 1 amide bonds. The van der Waals surface area contributed by atoms with Crippen LogP contribution in [0, 0.1) is 0 Å². The lowest BCUT2D eigenvalue weighted by atomic mass is 10.2. The summed E-state index contributed by atoms with van der Waals surface area (Å²) in [5, 5.41) is 2.77. The molecular formula is C14H17NO2. The number of hydrogen-bond acceptors (Lipinski definition) is 2. The molecule has 0 aliphatic heterocycles. The Labute approximate surface area is 102 Å². The van der Waals surface area contributed by atoms with Gasteiger partial charge in [0, 0.05) is 6.54 Å². The topological polar surface area (TPSA) is 38.3 Å². The molecule has 0 fully saturated rings. The summed E-state index contributed by atoms with van der Waals surface area (Å²) in [5.41, 5.74) is 1.43. The normalized spacial score (nSPS) is 9.47. The third-order valence-corrected chi connectivity index (χ3v) is 2.04. The van der Waals surface area contributed by atoms with Crippen molar-refractivity contribution in [2.24, 2.45) is 0 Å². The minimum Gasteiger partial charge on any atom is -0.489 e. The highest BCUT2D eigenvalue weighted by Gasteiger charge is 2.10. The number of ether oxygens (including phenoxy) is 1. The van der Waals surface area contributed by atoms with Gasteiger partial charge in [-0.15, -0.1) is 0 Å². The van der Waals surface area contributed by atoms with Crippen LogP contribution in [0.1, 0.15) is 17.3 Å². The first-order chi connectivity index (χ1) is 8.15. The highest BCUT2D eigenvalue weighted by molar-refractivity contribution is 5.97. The van der Waals surface area contributed by atoms with Crippen LogP contribution in [-0.4, -0.2) is 19.1 Å². The Balaban J connectivity index is 2.77. The van der Waals surface area contributed by atoms with E-state index in [9.17, 15) is 4.79 Å². The van der Waals surface area contributed by atoms with Crippen molar-refractivity contribution in [3.05, 3.63) is 54.6 Å². The molecule has 0 radical (unpaired) electrons. The number of para-hydroxylation sites is 1. The van der Waals surface area contributed by atoms with Crippen LogP contribution in [0.15, 0.2) is 49.1 Å². The molecule has 3 nitrogen and oxygen atoms in total. The second kappa shape index (κ2) is 6.53. The van der Waals surface area contributed by atoms with Crippen LogP contribution in [0.5, 0.6) is 5.75 Å². The van der Waals surface area contributed by atoms with E-state index in [4.69, 9.17) is 4.74 Å². The highest BCUT2D eigenvalue weighted by Crippen LogP contribution is 2.17. The highest BCUT2D eigenvalue weighted by atomic mass is 16.5. The summed E-state index contributed by atoms with van der Waals surface area (Å²) in [6, 6.07) is 7.12.